The molecule has 1 aliphatic carbocycles. The van der Waals surface area contributed by atoms with E-state index in [0.29, 0.717) is 0 Å². The molecule has 1 aliphatic rings. The molecule has 0 radical (unpaired) electrons. The molecule has 0 unspecified atom stereocenters. The van der Waals surface area contributed by atoms with Crippen LogP contribution in [0.25, 0.3) is 0 Å². The topological polar surface area (TPSA) is 97.1 Å². The minimum atomic E-state index is -1.19. The third-order valence-electron chi connectivity index (χ3n) is 4.30. The predicted octanol–water partition coefficient (Wildman–Crippen LogP) is 1.70. The number of nitrogens with zero attached hydrogens (tertiary/aromatic N) is 3. The lowest BCUT2D eigenvalue weighted by Gasteiger charge is -2.31. The maximum atomic E-state index is 13.2. The molecule has 0 aliphatic heterocycles. The van der Waals surface area contributed by atoms with Crippen molar-refractivity contribution in [1.82, 2.24) is 20.3 Å². The van der Waals surface area contributed by atoms with E-state index in [2.05, 4.69) is 15.6 Å². The molecule has 24 heavy (non-hydrogen) atoms. The Morgan fingerprint density at radius 2 is 1.92 bits per heavy atom. The molecule has 126 valence electrons. The van der Waals surface area contributed by atoms with Crippen LogP contribution in [0.1, 0.15) is 41.7 Å². The van der Waals surface area contributed by atoms with Gasteiger partial charge in [-0.05, 0) is 30.5 Å². The van der Waals surface area contributed by atoms with Crippen LogP contribution in [0, 0.1) is 5.82 Å². The Balaban J connectivity index is 1.74. The molecule has 7 nitrogen and oxygen atoms in total. The van der Waals surface area contributed by atoms with Gasteiger partial charge in [0.05, 0.1) is 11.7 Å². The van der Waals surface area contributed by atoms with Gasteiger partial charge in [-0.25, -0.2) is 13.9 Å². The van der Waals surface area contributed by atoms with Gasteiger partial charge in [-0.1, -0.05) is 30.2 Å². The average molecular weight is 332 g/mol. The largest absolute Gasteiger partial charge is 0.476 e. The van der Waals surface area contributed by atoms with E-state index in [9.17, 15) is 14.0 Å². The van der Waals surface area contributed by atoms with Crippen LogP contribution in [0.3, 0.4) is 0 Å². The number of benzene rings is 1. The summed E-state index contributed by atoms with van der Waals surface area (Å²) in [5.74, 6) is -1.80. The fourth-order valence-electron chi connectivity index (χ4n) is 3.16. The molecule has 1 aromatic heterocycles. The van der Waals surface area contributed by atoms with Gasteiger partial charge in [0.25, 0.3) is 0 Å². The standard InChI is InChI=1S/C16H17FN4O3/c17-12-5-3-11(4-6-12)16(7-1-2-8-16)18-14(22)10-21-9-13(15(23)24)19-20-21/h3-6,9H,1-2,7-8,10H2,(H,18,22)(H,23,24). The predicted molar refractivity (Wildman–Crippen MR) is 81.7 cm³/mol. The highest BCUT2D eigenvalue weighted by Crippen LogP contribution is 2.38. The Kier molecular flexibility index (Phi) is 4.28. The molecule has 0 bridgehead atoms. The number of hydrogen-bond acceptors (Lipinski definition) is 4. The molecule has 1 saturated carbocycles. The number of carbonyl (C=O) groups is 2. The number of aromatic nitrogens is 3. The number of carboxylic acids is 1. The zero-order chi connectivity index (χ0) is 17.2. The number of amides is 1. The second kappa shape index (κ2) is 6.38. The van der Waals surface area contributed by atoms with Crippen LogP contribution in [0.5, 0.6) is 0 Å². The summed E-state index contributed by atoms with van der Waals surface area (Å²) in [6.07, 6.45) is 4.72. The molecule has 2 aromatic rings. The van der Waals surface area contributed by atoms with Crippen molar-refractivity contribution < 1.29 is 19.1 Å². The summed E-state index contributed by atoms with van der Waals surface area (Å²) in [5.41, 5.74) is 0.151. The highest BCUT2D eigenvalue weighted by atomic mass is 19.1. The third kappa shape index (κ3) is 3.27. The smallest absolute Gasteiger partial charge is 0.358 e. The van der Waals surface area contributed by atoms with E-state index >= 15 is 0 Å². The first-order valence-corrected chi connectivity index (χ1v) is 7.69. The SMILES string of the molecule is O=C(Cn1cc(C(=O)O)nn1)NC1(c2ccc(F)cc2)CCCC1. The third-order valence-corrected chi connectivity index (χ3v) is 4.30. The number of carboxylic acid groups (broad SMARTS) is 1. The maximum absolute atomic E-state index is 13.2. The van der Waals surface area contributed by atoms with Gasteiger partial charge in [-0.3, -0.25) is 4.79 Å². The molecule has 0 spiro atoms. The molecule has 3 rings (SSSR count). The molecule has 0 saturated heterocycles. The van der Waals surface area contributed by atoms with E-state index in [1.807, 2.05) is 0 Å². The van der Waals surface area contributed by atoms with Gasteiger partial charge in [0.15, 0.2) is 5.69 Å². The summed E-state index contributed by atoms with van der Waals surface area (Å²) in [6.45, 7) is -0.122. The van der Waals surface area contributed by atoms with Crippen molar-refractivity contribution in [3.8, 4) is 0 Å². The molecule has 1 amide bonds. The molecule has 0 atom stereocenters. The Hall–Kier alpha value is -2.77. The summed E-state index contributed by atoms with van der Waals surface area (Å²) in [4.78, 5) is 23.2. The second-order valence-corrected chi connectivity index (χ2v) is 5.95. The van der Waals surface area contributed by atoms with E-state index < -0.39 is 11.5 Å². The molecular weight excluding hydrogens is 315 g/mol. The molecule has 8 heteroatoms. The number of aromatic carboxylic acids is 1. The zero-order valence-electron chi connectivity index (χ0n) is 12.9. The average Bonchev–Trinajstić information content (AvgIpc) is 3.18. The van der Waals surface area contributed by atoms with E-state index in [-0.39, 0.29) is 24.0 Å². The number of hydrogen-bond donors (Lipinski definition) is 2. The van der Waals surface area contributed by atoms with Crippen LogP contribution < -0.4 is 5.32 Å². The first-order chi connectivity index (χ1) is 11.5. The van der Waals surface area contributed by atoms with E-state index in [1.165, 1.54) is 23.0 Å². The summed E-state index contributed by atoms with van der Waals surface area (Å²) in [7, 11) is 0. The Morgan fingerprint density at radius 1 is 1.25 bits per heavy atom. The van der Waals surface area contributed by atoms with Crippen LogP contribution in [-0.2, 0) is 16.9 Å². The van der Waals surface area contributed by atoms with Crippen LogP contribution in [0.4, 0.5) is 4.39 Å². The summed E-state index contributed by atoms with van der Waals surface area (Å²) >= 11 is 0. The van der Waals surface area contributed by atoms with Crippen molar-refractivity contribution in [1.29, 1.82) is 0 Å². The van der Waals surface area contributed by atoms with Gasteiger partial charge in [-0.2, -0.15) is 0 Å². The number of halogens is 1. The van der Waals surface area contributed by atoms with Crippen molar-refractivity contribution in [3.63, 3.8) is 0 Å². The van der Waals surface area contributed by atoms with Crippen LogP contribution >= 0.6 is 0 Å². The van der Waals surface area contributed by atoms with Crippen molar-refractivity contribution >= 4 is 11.9 Å². The minimum Gasteiger partial charge on any atom is -0.476 e. The van der Waals surface area contributed by atoms with Gasteiger partial charge in [0, 0.05) is 0 Å². The Labute approximate surface area is 137 Å². The Morgan fingerprint density at radius 3 is 2.50 bits per heavy atom. The van der Waals surface area contributed by atoms with Crippen LogP contribution in [-0.4, -0.2) is 32.0 Å². The normalized spacial score (nSPS) is 16.0. The number of carbonyl (C=O) groups excluding carboxylic acids is 1. The highest BCUT2D eigenvalue weighted by Gasteiger charge is 2.37. The lowest BCUT2D eigenvalue weighted by atomic mass is 9.88. The molecule has 1 aromatic carbocycles. The van der Waals surface area contributed by atoms with Crippen molar-refractivity contribution in [2.24, 2.45) is 0 Å². The van der Waals surface area contributed by atoms with Crippen molar-refractivity contribution in [2.45, 2.75) is 37.8 Å². The number of nitrogens with one attached hydrogen (secondary N) is 1. The lowest BCUT2D eigenvalue weighted by molar-refractivity contribution is -0.124. The Bertz CT molecular complexity index is 751. The lowest BCUT2D eigenvalue weighted by Crippen LogP contribution is -2.45. The van der Waals surface area contributed by atoms with Gasteiger partial charge in [-0.15, -0.1) is 5.10 Å². The van der Waals surface area contributed by atoms with Crippen molar-refractivity contribution in [2.75, 3.05) is 0 Å². The van der Waals surface area contributed by atoms with Gasteiger partial charge < -0.3 is 10.4 Å². The molecule has 2 N–H and O–H groups in total. The fourth-order valence-corrected chi connectivity index (χ4v) is 3.16. The number of rotatable bonds is 5. The quantitative estimate of drug-likeness (QED) is 0.868. The van der Waals surface area contributed by atoms with Gasteiger partial charge >= 0.3 is 5.97 Å². The van der Waals surface area contributed by atoms with E-state index in [4.69, 9.17) is 5.11 Å². The monoisotopic (exact) mass is 332 g/mol. The van der Waals surface area contributed by atoms with Gasteiger partial charge in [0.2, 0.25) is 5.91 Å². The molecule has 1 fully saturated rings. The summed E-state index contributed by atoms with van der Waals surface area (Å²) < 4.78 is 14.3. The van der Waals surface area contributed by atoms with E-state index in [1.54, 1.807) is 12.1 Å². The maximum Gasteiger partial charge on any atom is 0.358 e. The minimum absolute atomic E-state index is 0.122. The second-order valence-electron chi connectivity index (χ2n) is 5.95. The first kappa shape index (κ1) is 16.1. The summed E-state index contributed by atoms with van der Waals surface area (Å²) in [5, 5.41) is 19.0. The first-order valence-electron chi connectivity index (χ1n) is 7.69. The van der Waals surface area contributed by atoms with E-state index in [0.717, 1.165) is 31.2 Å². The van der Waals surface area contributed by atoms with Crippen molar-refractivity contribution in [3.05, 3.63) is 47.5 Å². The highest BCUT2D eigenvalue weighted by molar-refractivity contribution is 5.84. The summed E-state index contributed by atoms with van der Waals surface area (Å²) in [6, 6.07) is 6.16. The van der Waals surface area contributed by atoms with Gasteiger partial charge in [0.1, 0.15) is 12.4 Å². The molecule has 1 heterocycles. The fraction of sp³-hybridized carbons (Fsp3) is 0.375. The zero-order valence-corrected chi connectivity index (χ0v) is 12.9. The molecular formula is C16H17FN4O3. The van der Waals surface area contributed by atoms with Crippen LogP contribution in [0.15, 0.2) is 30.5 Å². The van der Waals surface area contributed by atoms with Crippen LogP contribution in [0.2, 0.25) is 0 Å².